The summed E-state index contributed by atoms with van der Waals surface area (Å²) in [5.74, 6) is -0.320. The second-order valence-electron chi connectivity index (χ2n) is 4.73. The van der Waals surface area contributed by atoms with E-state index in [0.29, 0.717) is 12.1 Å². The molecule has 0 radical (unpaired) electrons. The second kappa shape index (κ2) is 6.87. The van der Waals surface area contributed by atoms with Crippen LogP contribution in [-0.4, -0.2) is 40.8 Å². The standard InChI is InChI=1S/C14H21N3O2/c1-5-17(9-13(18)16-10(2)3)14(19)12-7-6-11(4)15-8-12/h6-8,10H,5,9H2,1-4H3,(H,16,18). The highest BCUT2D eigenvalue weighted by atomic mass is 16.2. The number of likely N-dealkylation sites (N-methyl/N-ethyl adjacent to an activating group) is 1. The van der Waals surface area contributed by atoms with Crippen molar-refractivity contribution < 1.29 is 9.59 Å². The number of carbonyl (C=O) groups is 2. The van der Waals surface area contributed by atoms with Crippen molar-refractivity contribution in [2.75, 3.05) is 13.1 Å². The number of aromatic nitrogens is 1. The largest absolute Gasteiger partial charge is 0.352 e. The van der Waals surface area contributed by atoms with Crippen molar-refractivity contribution in [3.63, 3.8) is 0 Å². The van der Waals surface area contributed by atoms with E-state index in [-0.39, 0.29) is 24.4 Å². The van der Waals surface area contributed by atoms with Crippen LogP contribution < -0.4 is 5.32 Å². The van der Waals surface area contributed by atoms with Gasteiger partial charge in [0.2, 0.25) is 5.91 Å². The van der Waals surface area contributed by atoms with Crippen molar-refractivity contribution in [1.82, 2.24) is 15.2 Å². The molecule has 2 amide bonds. The molecule has 0 bridgehead atoms. The quantitative estimate of drug-likeness (QED) is 0.873. The molecule has 0 fully saturated rings. The number of amides is 2. The van der Waals surface area contributed by atoms with Crippen molar-refractivity contribution >= 4 is 11.8 Å². The smallest absolute Gasteiger partial charge is 0.255 e. The minimum atomic E-state index is -0.172. The minimum absolute atomic E-state index is 0.0708. The normalized spacial score (nSPS) is 10.4. The number of rotatable bonds is 5. The average Bonchev–Trinajstić information content (AvgIpc) is 2.35. The summed E-state index contributed by atoms with van der Waals surface area (Å²) in [6.45, 7) is 8.05. The molecule has 0 atom stereocenters. The molecule has 5 heteroatoms. The molecule has 0 unspecified atom stereocenters. The van der Waals surface area contributed by atoms with Gasteiger partial charge in [0.25, 0.3) is 5.91 Å². The molecule has 1 heterocycles. The Balaban J connectivity index is 2.71. The minimum Gasteiger partial charge on any atom is -0.352 e. The van der Waals surface area contributed by atoms with E-state index in [9.17, 15) is 9.59 Å². The topological polar surface area (TPSA) is 62.3 Å². The van der Waals surface area contributed by atoms with Gasteiger partial charge in [-0.1, -0.05) is 0 Å². The lowest BCUT2D eigenvalue weighted by molar-refractivity contribution is -0.122. The van der Waals surface area contributed by atoms with Gasteiger partial charge in [0.05, 0.1) is 12.1 Å². The molecule has 0 saturated carbocycles. The third kappa shape index (κ3) is 4.69. The Kier molecular flexibility index (Phi) is 5.48. The van der Waals surface area contributed by atoms with E-state index < -0.39 is 0 Å². The van der Waals surface area contributed by atoms with Crippen LogP contribution in [0.2, 0.25) is 0 Å². The number of nitrogens with zero attached hydrogens (tertiary/aromatic N) is 2. The first kappa shape index (κ1) is 15.1. The van der Waals surface area contributed by atoms with Gasteiger partial charge in [0.15, 0.2) is 0 Å². The predicted octanol–water partition coefficient (Wildman–Crippen LogP) is 1.38. The Morgan fingerprint density at radius 1 is 1.37 bits per heavy atom. The number of carbonyl (C=O) groups excluding carboxylic acids is 2. The van der Waals surface area contributed by atoms with Gasteiger partial charge in [-0.25, -0.2) is 0 Å². The van der Waals surface area contributed by atoms with Crippen molar-refractivity contribution in [3.05, 3.63) is 29.6 Å². The van der Waals surface area contributed by atoms with Crippen LogP contribution in [0.4, 0.5) is 0 Å². The molecule has 1 aromatic rings. The summed E-state index contributed by atoms with van der Waals surface area (Å²) in [5, 5.41) is 2.77. The molecule has 5 nitrogen and oxygen atoms in total. The Bertz CT molecular complexity index is 441. The molecule has 0 aliphatic carbocycles. The molecular weight excluding hydrogens is 242 g/mol. The van der Waals surface area contributed by atoms with E-state index in [0.717, 1.165) is 5.69 Å². The summed E-state index contributed by atoms with van der Waals surface area (Å²) in [6.07, 6.45) is 1.54. The van der Waals surface area contributed by atoms with Crippen molar-refractivity contribution in [3.8, 4) is 0 Å². The van der Waals surface area contributed by atoms with Crippen LogP contribution in [0, 0.1) is 6.92 Å². The van der Waals surface area contributed by atoms with Crippen LogP contribution in [0.3, 0.4) is 0 Å². The number of hydrogen-bond donors (Lipinski definition) is 1. The summed E-state index contributed by atoms with van der Waals surface area (Å²) < 4.78 is 0. The van der Waals surface area contributed by atoms with Crippen LogP contribution in [0.25, 0.3) is 0 Å². The molecule has 0 spiro atoms. The summed E-state index contributed by atoms with van der Waals surface area (Å²) in [4.78, 5) is 29.5. The van der Waals surface area contributed by atoms with Crippen LogP contribution in [0.5, 0.6) is 0 Å². The monoisotopic (exact) mass is 263 g/mol. The van der Waals surface area contributed by atoms with Gasteiger partial charge in [-0.05, 0) is 39.8 Å². The van der Waals surface area contributed by atoms with Crippen LogP contribution >= 0.6 is 0 Å². The van der Waals surface area contributed by atoms with E-state index in [2.05, 4.69) is 10.3 Å². The maximum absolute atomic E-state index is 12.2. The van der Waals surface area contributed by atoms with Gasteiger partial charge in [0.1, 0.15) is 0 Å². The van der Waals surface area contributed by atoms with Crippen molar-refractivity contribution in [2.45, 2.75) is 33.7 Å². The molecule has 0 aliphatic rings. The fourth-order valence-corrected chi connectivity index (χ4v) is 1.65. The molecule has 19 heavy (non-hydrogen) atoms. The van der Waals surface area contributed by atoms with Crippen LogP contribution in [-0.2, 0) is 4.79 Å². The van der Waals surface area contributed by atoms with Crippen LogP contribution in [0.15, 0.2) is 18.3 Å². The molecule has 0 aromatic carbocycles. The Morgan fingerprint density at radius 3 is 2.53 bits per heavy atom. The highest BCUT2D eigenvalue weighted by Gasteiger charge is 2.17. The van der Waals surface area contributed by atoms with Gasteiger partial charge >= 0.3 is 0 Å². The lowest BCUT2D eigenvalue weighted by Crippen LogP contribution is -2.42. The zero-order chi connectivity index (χ0) is 14.4. The highest BCUT2D eigenvalue weighted by molar-refractivity contribution is 5.96. The van der Waals surface area contributed by atoms with Crippen molar-refractivity contribution in [2.24, 2.45) is 0 Å². The Hall–Kier alpha value is -1.91. The fourth-order valence-electron chi connectivity index (χ4n) is 1.65. The molecule has 104 valence electrons. The zero-order valence-corrected chi connectivity index (χ0v) is 11.9. The summed E-state index contributed by atoms with van der Waals surface area (Å²) in [5.41, 5.74) is 1.36. The Labute approximate surface area is 114 Å². The van der Waals surface area contributed by atoms with Gasteiger partial charge in [-0.15, -0.1) is 0 Å². The average molecular weight is 263 g/mol. The van der Waals surface area contributed by atoms with E-state index in [1.165, 1.54) is 4.90 Å². The maximum Gasteiger partial charge on any atom is 0.255 e. The van der Waals surface area contributed by atoms with Gasteiger partial charge in [0, 0.05) is 24.5 Å². The molecule has 0 saturated heterocycles. The lowest BCUT2D eigenvalue weighted by Gasteiger charge is -2.21. The summed E-state index contributed by atoms with van der Waals surface area (Å²) >= 11 is 0. The first-order chi connectivity index (χ1) is 8.93. The van der Waals surface area contributed by atoms with E-state index in [1.54, 1.807) is 18.3 Å². The number of nitrogens with one attached hydrogen (secondary N) is 1. The fraction of sp³-hybridized carbons (Fsp3) is 0.500. The first-order valence-electron chi connectivity index (χ1n) is 6.45. The molecule has 0 aliphatic heterocycles. The highest BCUT2D eigenvalue weighted by Crippen LogP contribution is 2.04. The van der Waals surface area contributed by atoms with Gasteiger partial charge in [-0.2, -0.15) is 0 Å². The maximum atomic E-state index is 12.2. The predicted molar refractivity (Wildman–Crippen MR) is 73.8 cm³/mol. The van der Waals surface area contributed by atoms with E-state index in [1.807, 2.05) is 27.7 Å². The third-order valence-electron chi connectivity index (χ3n) is 2.61. The number of aryl methyl sites for hydroxylation is 1. The van der Waals surface area contributed by atoms with E-state index >= 15 is 0 Å². The lowest BCUT2D eigenvalue weighted by atomic mass is 10.2. The SMILES string of the molecule is CCN(CC(=O)NC(C)C)C(=O)c1ccc(C)nc1. The van der Waals surface area contributed by atoms with Crippen LogP contribution in [0.1, 0.15) is 36.8 Å². The van der Waals surface area contributed by atoms with E-state index in [4.69, 9.17) is 0 Å². The first-order valence-corrected chi connectivity index (χ1v) is 6.45. The zero-order valence-electron chi connectivity index (χ0n) is 11.9. The summed E-state index contributed by atoms with van der Waals surface area (Å²) in [7, 11) is 0. The molecule has 1 aromatic heterocycles. The second-order valence-corrected chi connectivity index (χ2v) is 4.73. The summed E-state index contributed by atoms with van der Waals surface area (Å²) in [6, 6.07) is 3.59. The molecule has 1 N–H and O–H groups in total. The number of pyridine rings is 1. The third-order valence-corrected chi connectivity index (χ3v) is 2.61. The van der Waals surface area contributed by atoms with Gasteiger partial charge < -0.3 is 10.2 Å². The van der Waals surface area contributed by atoms with Crippen molar-refractivity contribution in [1.29, 1.82) is 0 Å². The molecule has 1 rings (SSSR count). The Morgan fingerprint density at radius 2 is 2.05 bits per heavy atom. The van der Waals surface area contributed by atoms with Gasteiger partial charge in [-0.3, -0.25) is 14.6 Å². The molecular formula is C14H21N3O2. The number of hydrogen-bond acceptors (Lipinski definition) is 3.